The fourth-order valence-electron chi connectivity index (χ4n) is 3.56. The highest BCUT2D eigenvalue weighted by molar-refractivity contribution is 8.00. The van der Waals surface area contributed by atoms with E-state index in [2.05, 4.69) is 19.8 Å². The van der Waals surface area contributed by atoms with Crippen molar-refractivity contribution in [2.24, 2.45) is 5.16 Å². The number of thioether (sulfide) groups is 1. The van der Waals surface area contributed by atoms with Crippen molar-refractivity contribution in [3.05, 3.63) is 53.8 Å². The largest absolute Gasteiger partial charge is 0.543 e. The van der Waals surface area contributed by atoms with Crippen molar-refractivity contribution in [1.82, 2.24) is 19.6 Å². The lowest BCUT2D eigenvalue weighted by atomic mass is 10.0. The predicted molar refractivity (Wildman–Crippen MR) is 126 cm³/mol. The summed E-state index contributed by atoms with van der Waals surface area (Å²) in [5.74, 6) is -2.51. The Bertz CT molecular complexity index is 1260. The highest BCUT2D eigenvalue weighted by atomic mass is 32.2. The van der Waals surface area contributed by atoms with E-state index in [1.165, 1.54) is 11.8 Å². The van der Waals surface area contributed by atoms with Crippen LogP contribution in [0, 0.1) is 0 Å². The summed E-state index contributed by atoms with van der Waals surface area (Å²) < 4.78 is 5.80. The Balaban J connectivity index is 1.56. The average Bonchev–Trinajstić information content (AvgIpc) is 3.28. The Morgan fingerprint density at radius 2 is 2.14 bits per heavy atom. The maximum absolute atomic E-state index is 13.0. The van der Waals surface area contributed by atoms with E-state index in [4.69, 9.17) is 10.6 Å². The molecule has 182 valence electrons. The van der Waals surface area contributed by atoms with Gasteiger partial charge in [0, 0.05) is 42.4 Å². The molecule has 14 heteroatoms. The zero-order chi connectivity index (χ0) is 25.1. The summed E-state index contributed by atoms with van der Waals surface area (Å²) in [5.41, 5.74) is 6.37. The summed E-state index contributed by atoms with van der Waals surface area (Å²) in [6.07, 6.45) is 5.37. The van der Waals surface area contributed by atoms with Crippen LogP contribution >= 0.6 is 23.3 Å². The van der Waals surface area contributed by atoms with Gasteiger partial charge < -0.3 is 25.8 Å². The Labute approximate surface area is 208 Å². The van der Waals surface area contributed by atoms with Gasteiger partial charge in [-0.1, -0.05) is 11.2 Å². The number of allylic oxidation sites excluding steroid dienone is 2. The molecule has 4 rings (SSSR count). The molecule has 0 aliphatic carbocycles. The van der Waals surface area contributed by atoms with Crippen LogP contribution in [-0.2, 0) is 19.2 Å². The number of aliphatic carboxylic acids is 1. The molecule has 12 nitrogen and oxygen atoms in total. The molecule has 0 bridgehead atoms. The zero-order valence-electron chi connectivity index (χ0n) is 18.7. The fraction of sp³-hybridized carbons (Fsp3) is 0.286. The smallest absolute Gasteiger partial charge is 0.278 e. The molecule has 4 heterocycles. The molecule has 2 aliphatic rings. The highest BCUT2D eigenvalue weighted by Gasteiger charge is 2.53. The third kappa shape index (κ3) is 4.88. The van der Waals surface area contributed by atoms with Crippen molar-refractivity contribution in [2.45, 2.75) is 25.3 Å². The Hall–Kier alpha value is -3.78. The molecule has 2 aromatic heterocycles. The zero-order valence-corrected chi connectivity index (χ0v) is 20.3. The minimum atomic E-state index is -1.47. The number of nitrogens with zero attached hydrogens (tertiary/aromatic N) is 5. The molecule has 0 radical (unpaired) electrons. The van der Waals surface area contributed by atoms with Gasteiger partial charge in [0.05, 0.1) is 11.7 Å². The van der Waals surface area contributed by atoms with Gasteiger partial charge in [0.2, 0.25) is 11.5 Å². The first-order chi connectivity index (χ1) is 16.8. The van der Waals surface area contributed by atoms with Crippen LogP contribution in [0.1, 0.15) is 19.7 Å². The molecule has 0 saturated carbocycles. The topological polar surface area (TPSA) is 167 Å². The molecule has 35 heavy (non-hydrogen) atoms. The number of fused-ring (bicyclic) bond motifs is 1. The number of amides is 2. The highest BCUT2D eigenvalue weighted by Crippen LogP contribution is 2.40. The number of nitrogens with two attached hydrogens (primary N) is 1. The number of nitrogen functional groups attached to an aromatic ring is 1. The quantitative estimate of drug-likeness (QED) is 0.196. The number of hydrogen-bond acceptors (Lipinski definition) is 11. The number of β-lactam (4-membered cyclic amide) rings is 1. The van der Waals surface area contributed by atoms with Crippen LogP contribution < -0.4 is 20.7 Å². The minimum Gasteiger partial charge on any atom is -0.543 e. The number of carbonyl (C=O) groups excluding carboxylic acids is 3. The number of aromatic nitrogens is 3. The molecule has 0 aromatic carbocycles. The van der Waals surface area contributed by atoms with Crippen LogP contribution in [0.5, 0.6) is 0 Å². The van der Waals surface area contributed by atoms with Crippen LogP contribution in [-0.4, -0.2) is 61.5 Å². The molecular weight excluding hydrogens is 494 g/mol. The maximum Gasteiger partial charge on any atom is 0.278 e. The van der Waals surface area contributed by atoms with E-state index in [0.717, 1.165) is 22.1 Å². The molecular formula is C21H21N7O5S2. The van der Waals surface area contributed by atoms with Gasteiger partial charge in [0.1, 0.15) is 18.0 Å². The van der Waals surface area contributed by atoms with Crippen molar-refractivity contribution in [2.75, 3.05) is 18.1 Å². The van der Waals surface area contributed by atoms with E-state index in [1.54, 1.807) is 13.0 Å². The molecule has 2 aliphatic heterocycles. The minimum absolute atomic E-state index is 0.0324. The van der Waals surface area contributed by atoms with Gasteiger partial charge in [-0.05, 0) is 12.5 Å². The van der Waals surface area contributed by atoms with Crippen molar-refractivity contribution in [1.29, 1.82) is 0 Å². The van der Waals surface area contributed by atoms with Crippen molar-refractivity contribution in [3.8, 4) is 0 Å². The molecule has 3 N–H and O–H groups in total. The summed E-state index contributed by atoms with van der Waals surface area (Å²) in [4.78, 5) is 47.9. The van der Waals surface area contributed by atoms with Gasteiger partial charge in [-0.25, -0.2) is 0 Å². The normalized spacial score (nSPS) is 20.3. The standard InChI is InChI=1S/C21H21N7O5S2/c1-3-33-25-13(16-24-21(22)35-26-16)17(29)23-14-18(30)28-15(20(31)32)12(10-34-19(14)28)9-11(2)27-7-5-4-6-8-27/h4-9,14,19H,3,10H2,1-2H3,(H3-,22,23,24,26,29,31,32)/t14?,19-/m0/s1. The van der Waals surface area contributed by atoms with Gasteiger partial charge >= 0.3 is 0 Å². The van der Waals surface area contributed by atoms with E-state index in [1.807, 2.05) is 42.1 Å². The van der Waals surface area contributed by atoms with Crippen LogP contribution in [0.15, 0.2) is 53.1 Å². The molecule has 1 unspecified atom stereocenters. The predicted octanol–water partition coefficient (Wildman–Crippen LogP) is -0.887. The van der Waals surface area contributed by atoms with Crippen LogP contribution in [0.4, 0.5) is 5.13 Å². The van der Waals surface area contributed by atoms with E-state index in [-0.39, 0.29) is 29.0 Å². The first kappa shape index (κ1) is 24.3. The van der Waals surface area contributed by atoms with E-state index >= 15 is 0 Å². The van der Waals surface area contributed by atoms with E-state index < -0.39 is 29.2 Å². The lowest BCUT2D eigenvalue weighted by Gasteiger charge is -2.50. The third-order valence-electron chi connectivity index (χ3n) is 5.14. The molecule has 1 saturated heterocycles. The number of pyridine rings is 1. The maximum atomic E-state index is 13.0. The first-order valence-corrected chi connectivity index (χ1v) is 12.3. The van der Waals surface area contributed by atoms with E-state index in [0.29, 0.717) is 11.3 Å². The van der Waals surface area contributed by atoms with E-state index in [9.17, 15) is 19.5 Å². The lowest BCUT2D eigenvalue weighted by molar-refractivity contribution is -0.581. The second kappa shape index (κ2) is 10.2. The van der Waals surface area contributed by atoms with Gasteiger partial charge in [-0.15, -0.1) is 11.8 Å². The number of hydrogen-bond donors (Lipinski definition) is 2. The monoisotopic (exact) mass is 515 g/mol. The Morgan fingerprint density at radius 3 is 2.77 bits per heavy atom. The number of anilines is 1. The van der Waals surface area contributed by atoms with Gasteiger partial charge in [0.15, 0.2) is 23.2 Å². The van der Waals surface area contributed by atoms with Crippen molar-refractivity contribution >= 4 is 57.6 Å². The van der Waals surface area contributed by atoms with Crippen molar-refractivity contribution in [3.63, 3.8) is 0 Å². The molecule has 2 aromatic rings. The number of oxime groups is 1. The Morgan fingerprint density at radius 1 is 1.40 bits per heavy atom. The van der Waals surface area contributed by atoms with Crippen LogP contribution in [0.3, 0.4) is 0 Å². The average molecular weight is 516 g/mol. The molecule has 2 amide bonds. The molecule has 2 atom stereocenters. The summed E-state index contributed by atoms with van der Waals surface area (Å²) in [7, 11) is 0. The number of rotatable bonds is 8. The van der Waals surface area contributed by atoms with Crippen LogP contribution in [0.25, 0.3) is 5.70 Å². The second-order valence-corrected chi connectivity index (χ2v) is 9.29. The summed E-state index contributed by atoms with van der Waals surface area (Å²) >= 11 is 2.21. The van der Waals surface area contributed by atoms with Gasteiger partial charge in [-0.3, -0.25) is 14.5 Å². The SMILES string of the molecule is CCON=C(C(=O)NC1C(=O)N2C(C(=O)[O-])=C(C=C(C)[n+]3ccccc3)CS[C@@H]12)c1nsc(N)n1. The summed E-state index contributed by atoms with van der Waals surface area (Å²) in [6.45, 7) is 3.71. The van der Waals surface area contributed by atoms with Gasteiger partial charge in [-0.2, -0.15) is 13.9 Å². The van der Waals surface area contributed by atoms with Gasteiger partial charge in [0.25, 0.3) is 11.8 Å². The third-order valence-corrected chi connectivity index (χ3v) is 6.98. The number of carboxylic acid groups (broad SMARTS) is 1. The molecule has 1 fully saturated rings. The lowest BCUT2D eigenvalue weighted by Crippen LogP contribution is -2.71. The van der Waals surface area contributed by atoms with Crippen molar-refractivity contribution < 1.29 is 28.9 Å². The summed E-state index contributed by atoms with van der Waals surface area (Å²) in [6, 6.07) is 4.59. The fourth-order valence-corrected chi connectivity index (χ4v) is 5.30. The Kier molecular flexibility index (Phi) is 7.12. The second-order valence-electron chi connectivity index (χ2n) is 7.40. The summed E-state index contributed by atoms with van der Waals surface area (Å²) in [5, 5.41) is 17.9. The molecule has 0 spiro atoms. The number of carbonyl (C=O) groups is 3. The first-order valence-electron chi connectivity index (χ1n) is 10.5. The van der Waals surface area contributed by atoms with Crippen LogP contribution in [0.2, 0.25) is 0 Å². The number of nitrogens with one attached hydrogen (secondary N) is 1. The number of carboxylic acids is 1.